The zero-order chi connectivity index (χ0) is 33.5. The molecule has 4 aromatic carbocycles. The zero-order valence-corrected chi connectivity index (χ0v) is 25.7. The van der Waals surface area contributed by atoms with Crippen LogP contribution in [0.15, 0.2) is 97.1 Å². The number of fused-ring (bicyclic) bond motifs is 2. The lowest BCUT2D eigenvalue weighted by Gasteiger charge is -2.36. The number of nitrogens with zero attached hydrogens (tertiary/aromatic N) is 2. The van der Waals surface area contributed by atoms with Crippen molar-refractivity contribution in [2.24, 2.45) is 0 Å². The van der Waals surface area contributed by atoms with Gasteiger partial charge in [-0.2, -0.15) is 0 Å². The summed E-state index contributed by atoms with van der Waals surface area (Å²) in [5.41, 5.74) is 3.96. The Balaban J connectivity index is 1.31. The summed E-state index contributed by atoms with van der Waals surface area (Å²) in [6.07, 6.45) is -2.31. The average molecular weight is 645 g/mol. The number of hydrogen-bond donors (Lipinski definition) is 4. The molecule has 0 unspecified atom stereocenters. The van der Waals surface area contributed by atoms with E-state index in [2.05, 4.69) is 10.6 Å². The van der Waals surface area contributed by atoms with Crippen molar-refractivity contribution in [3.8, 4) is 0 Å². The molecule has 0 saturated carbocycles. The molecular formula is C37H32N4O7. The quantitative estimate of drug-likeness (QED) is 0.215. The Labute approximate surface area is 275 Å². The number of Topliss-reactive ketones (excluding diaryl/α,β-unsaturated/α-hetero) is 2. The van der Waals surface area contributed by atoms with Gasteiger partial charge in [0.15, 0.2) is 0 Å². The summed E-state index contributed by atoms with van der Waals surface area (Å²) in [6.45, 7) is -0.0744. The second-order valence-electron chi connectivity index (χ2n) is 12.4. The molecule has 3 aliphatic rings. The van der Waals surface area contributed by atoms with Crippen LogP contribution in [0.4, 0.5) is 16.2 Å². The first-order valence-corrected chi connectivity index (χ1v) is 15.7. The predicted octanol–water partition coefficient (Wildman–Crippen LogP) is 3.34. The minimum atomic E-state index is -1.38. The number of aliphatic hydroxyl groups is 2. The van der Waals surface area contributed by atoms with Crippen LogP contribution in [0, 0.1) is 0 Å². The second kappa shape index (κ2) is 12.5. The van der Waals surface area contributed by atoms with Crippen LogP contribution in [0.1, 0.15) is 43.0 Å². The van der Waals surface area contributed by atoms with Crippen molar-refractivity contribution < 1.29 is 34.2 Å². The molecule has 0 bridgehead atoms. The number of aliphatic hydroxyl groups excluding tert-OH is 2. The first-order chi connectivity index (χ1) is 23.2. The van der Waals surface area contributed by atoms with Crippen molar-refractivity contribution in [1.82, 2.24) is 9.80 Å². The van der Waals surface area contributed by atoms with Gasteiger partial charge in [-0.05, 0) is 59.4 Å². The summed E-state index contributed by atoms with van der Waals surface area (Å²) >= 11 is 0. The third-order valence-corrected chi connectivity index (χ3v) is 9.28. The number of urea groups is 1. The highest BCUT2D eigenvalue weighted by molar-refractivity contribution is 6.52. The van der Waals surface area contributed by atoms with Gasteiger partial charge in [-0.1, -0.05) is 72.8 Å². The van der Waals surface area contributed by atoms with Gasteiger partial charge >= 0.3 is 6.03 Å². The van der Waals surface area contributed by atoms with E-state index in [9.17, 15) is 34.2 Å². The Kier molecular flexibility index (Phi) is 8.07. The van der Waals surface area contributed by atoms with Gasteiger partial charge in [-0.15, -0.1) is 0 Å². The van der Waals surface area contributed by atoms with E-state index in [-0.39, 0.29) is 37.1 Å². The fraction of sp³-hybridized carbons (Fsp3) is 0.216. The number of hydrogen-bond acceptors (Lipinski definition) is 7. The number of rotatable bonds is 8. The topological polar surface area (TPSA) is 156 Å². The van der Waals surface area contributed by atoms with Crippen molar-refractivity contribution in [2.45, 2.75) is 50.2 Å². The number of carbonyl (C=O) groups is 5. The van der Waals surface area contributed by atoms with Gasteiger partial charge in [0.25, 0.3) is 23.4 Å². The molecule has 48 heavy (non-hydrogen) atoms. The molecule has 4 N–H and O–H groups in total. The molecule has 0 aromatic heterocycles. The number of anilines is 2. The van der Waals surface area contributed by atoms with Crippen molar-refractivity contribution in [2.75, 3.05) is 10.6 Å². The van der Waals surface area contributed by atoms with Crippen LogP contribution >= 0.6 is 0 Å². The van der Waals surface area contributed by atoms with Crippen LogP contribution in [0.2, 0.25) is 0 Å². The Morgan fingerprint density at radius 3 is 1.31 bits per heavy atom. The van der Waals surface area contributed by atoms with Crippen molar-refractivity contribution >= 4 is 40.8 Å². The Bertz CT molecular complexity index is 1810. The molecule has 4 atom stereocenters. The highest BCUT2D eigenvalue weighted by Gasteiger charge is 2.46. The molecule has 1 saturated heterocycles. The standard InChI is InChI=1S/C37H32N4O7/c42-31-25-15-23(11-13-27(25)38-35(31)46)19-40-29(17-21-7-3-1-4-8-21)33(44)34(45)30(18-22-9-5-2-6-10-22)41(37(40)48)20-24-12-14-28-26(16-24)32(43)36(47)39-28/h1-16,29-30,33-34,44-45H,17-20H2,(H,38,42,46)(H,39,43,47)/t29-,30-,33+,34+/m1/s1. The van der Waals surface area contributed by atoms with E-state index in [0.29, 0.717) is 22.5 Å². The number of amides is 4. The van der Waals surface area contributed by atoms with Crippen molar-refractivity contribution in [3.63, 3.8) is 0 Å². The highest BCUT2D eigenvalue weighted by Crippen LogP contribution is 2.32. The molecule has 7 rings (SSSR count). The van der Waals surface area contributed by atoms with Crippen molar-refractivity contribution in [1.29, 1.82) is 0 Å². The number of carbonyl (C=O) groups excluding carboxylic acids is 5. The Hall–Kier alpha value is -5.65. The molecule has 11 nitrogen and oxygen atoms in total. The van der Waals surface area contributed by atoms with Crippen LogP contribution in [0.25, 0.3) is 0 Å². The molecule has 242 valence electrons. The summed E-state index contributed by atoms with van der Waals surface area (Å²) in [4.78, 5) is 67.1. The van der Waals surface area contributed by atoms with Gasteiger partial charge < -0.3 is 30.6 Å². The Morgan fingerprint density at radius 2 is 0.917 bits per heavy atom. The lowest BCUT2D eigenvalue weighted by Crippen LogP contribution is -2.50. The van der Waals surface area contributed by atoms with E-state index in [1.807, 2.05) is 60.7 Å². The third kappa shape index (κ3) is 5.74. The molecule has 0 spiro atoms. The van der Waals surface area contributed by atoms with Crippen LogP contribution < -0.4 is 10.6 Å². The normalized spacial score (nSPS) is 21.9. The molecule has 3 heterocycles. The van der Waals surface area contributed by atoms with E-state index >= 15 is 0 Å². The fourth-order valence-corrected chi connectivity index (χ4v) is 6.78. The smallest absolute Gasteiger partial charge is 0.321 e. The van der Waals surface area contributed by atoms with Gasteiger partial charge in [0.1, 0.15) is 12.2 Å². The molecule has 4 amide bonds. The lowest BCUT2D eigenvalue weighted by atomic mass is 9.90. The van der Waals surface area contributed by atoms with Gasteiger partial charge in [0, 0.05) is 13.1 Å². The molecular weight excluding hydrogens is 612 g/mol. The van der Waals surface area contributed by atoms with Crippen LogP contribution in [-0.2, 0) is 35.5 Å². The maximum Gasteiger partial charge on any atom is 0.321 e. The van der Waals surface area contributed by atoms with E-state index < -0.39 is 53.7 Å². The van der Waals surface area contributed by atoms with E-state index in [1.54, 1.807) is 36.4 Å². The maximum atomic E-state index is 14.9. The van der Waals surface area contributed by atoms with Gasteiger partial charge in [-0.3, -0.25) is 19.2 Å². The summed E-state index contributed by atoms with van der Waals surface area (Å²) < 4.78 is 0. The van der Waals surface area contributed by atoms with Crippen LogP contribution in [0.3, 0.4) is 0 Å². The van der Waals surface area contributed by atoms with Crippen molar-refractivity contribution in [3.05, 3.63) is 130 Å². The molecule has 3 aliphatic heterocycles. The summed E-state index contributed by atoms with van der Waals surface area (Å²) in [5, 5.41) is 28.9. The summed E-state index contributed by atoms with van der Waals surface area (Å²) in [6, 6.07) is 26.2. The van der Waals surface area contributed by atoms with E-state index in [1.165, 1.54) is 9.80 Å². The number of ketones is 2. The third-order valence-electron chi connectivity index (χ3n) is 9.28. The first kappa shape index (κ1) is 31.0. The largest absolute Gasteiger partial charge is 0.388 e. The fourth-order valence-electron chi connectivity index (χ4n) is 6.78. The van der Waals surface area contributed by atoms with E-state index in [0.717, 1.165) is 11.1 Å². The molecule has 1 fully saturated rings. The predicted molar refractivity (Wildman–Crippen MR) is 175 cm³/mol. The molecule has 0 aliphatic carbocycles. The first-order valence-electron chi connectivity index (χ1n) is 15.7. The number of benzene rings is 4. The lowest BCUT2D eigenvalue weighted by molar-refractivity contribution is -0.112. The van der Waals surface area contributed by atoms with Crippen LogP contribution in [-0.4, -0.2) is 73.7 Å². The summed E-state index contributed by atoms with van der Waals surface area (Å²) in [5.74, 6) is -2.80. The highest BCUT2D eigenvalue weighted by atomic mass is 16.3. The number of nitrogens with one attached hydrogen (secondary N) is 2. The minimum absolute atomic E-state index is 0.0372. The van der Waals surface area contributed by atoms with E-state index in [4.69, 9.17) is 0 Å². The average Bonchev–Trinajstić information content (AvgIpc) is 3.54. The molecule has 4 aromatic rings. The zero-order valence-electron chi connectivity index (χ0n) is 25.7. The van der Waals surface area contributed by atoms with Gasteiger partial charge in [0.05, 0.1) is 34.6 Å². The maximum absolute atomic E-state index is 14.9. The SMILES string of the molecule is O=C1Nc2ccc(CN3C(=O)N(Cc4ccc5c(c4)C(=O)C(=O)N5)[C@H](Cc4ccccc4)[C@H](O)[C@@H](O)[C@H]3Cc3ccccc3)cc2C1=O. The molecule has 0 radical (unpaired) electrons. The van der Waals surface area contributed by atoms with Gasteiger partial charge in [-0.25, -0.2) is 4.79 Å². The minimum Gasteiger partial charge on any atom is -0.388 e. The summed E-state index contributed by atoms with van der Waals surface area (Å²) in [7, 11) is 0. The van der Waals surface area contributed by atoms with Crippen LogP contribution in [0.5, 0.6) is 0 Å². The second-order valence-corrected chi connectivity index (χ2v) is 12.4. The Morgan fingerprint density at radius 1 is 0.521 bits per heavy atom. The van der Waals surface area contributed by atoms with Gasteiger partial charge in [0.2, 0.25) is 0 Å². The monoisotopic (exact) mass is 644 g/mol. The molecule has 11 heteroatoms.